The van der Waals surface area contributed by atoms with E-state index < -0.39 is 10.0 Å². The number of benzene rings is 1. The second kappa shape index (κ2) is 3.71. The maximum atomic E-state index is 5.29. The normalized spacial score (nSPS) is 14.3. The van der Waals surface area contributed by atoms with Crippen LogP contribution in [0.1, 0.15) is 5.56 Å². The Hall–Kier alpha value is -1.27. The minimum absolute atomic E-state index is 0.316. The van der Waals surface area contributed by atoms with Gasteiger partial charge in [-0.2, -0.15) is 10.0 Å². The lowest BCUT2D eigenvalue weighted by Crippen LogP contribution is -1.92. The van der Waals surface area contributed by atoms with Gasteiger partial charge in [0, 0.05) is 5.56 Å². The van der Waals surface area contributed by atoms with Gasteiger partial charge in [0.1, 0.15) is 0 Å². The highest BCUT2D eigenvalue weighted by Crippen LogP contribution is 2.34. The van der Waals surface area contributed by atoms with Crippen LogP contribution >= 0.6 is 10.0 Å². The first kappa shape index (κ1) is 10.3. The smallest absolute Gasteiger partial charge is 0.231 e. The van der Waals surface area contributed by atoms with Crippen molar-refractivity contribution in [2.45, 2.75) is 0 Å². The van der Waals surface area contributed by atoms with Crippen LogP contribution in [0.15, 0.2) is 18.2 Å². The van der Waals surface area contributed by atoms with Crippen molar-refractivity contribution in [3.8, 4) is 22.7 Å². The van der Waals surface area contributed by atoms with E-state index in [4.69, 9.17) is 9.47 Å². The van der Waals surface area contributed by atoms with Crippen molar-refractivity contribution in [2.75, 3.05) is 25.6 Å². The average molecular weight is 222 g/mol. The fourth-order valence-electron chi connectivity index (χ4n) is 1.19. The molecular formula is C12H14O2S. The standard InChI is InChI=1S/C12H14O2S/c1-15(2,3)7-6-10-4-5-11-12(8-10)14-9-13-11/h4-5,8H,9H2,1-3H3. The van der Waals surface area contributed by atoms with Crippen molar-refractivity contribution in [1.82, 2.24) is 0 Å². The first-order valence-electron chi connectivity index (χ1n) is 4.65. The summed E-state index contributed by atoms with van der Waals surface area (Å²) >= 11 is 0. The van der Waals surface area contributed by atoms with Crippen molar-refractivity contribution >= 4 is 10.0 Å². The second-order valence-corrected chi connectivity index (χ2v) is 8.01. The van der Waals surface area contributed by atoms with Gasteiger partial charge in [-0.15, -0.1) is 0 Å². The highest BCUT2D eigenvalue weighted by Gasteiger charge is 2.12. The molecule has 1 aromatic rings. The molecule has 1 aliphatic heterocycles. The Morgan fingerprint density at radius 1 is 1.13 bits per heavy atom. The van der Waals surface area contributed by atoms with E-state index in [-0.39, 0.29) is 0 Å². The Kier molecular flexibility index (Phi) is 2.54. The molecule has 1 aromatic carbocycles. The van der Waals surface area contributed by atoms with Gasteiger partial charge in [0.25, 0.3) is 0 Å². The quantitative estimate of drug-likeness (QED) is 0.628. The summed E-state index contributed by atoms with van der Waals surface area (Å²) in [5, 5.41) is 3.27. The van der Waals surface area contributed by atoms with Crippen LogP contribution in [0.2, 0.25) is 0 Å². The molecular weight excluding hydrogens is 208 g/mol. The molecule has 0 radical (unpaired) electrons. The highest BCUT2D eigenvalue weighted by molar-refractivity contribution is 8.35. The van der Waals surface area contributed by atoms with Gasteiger partial charge < -0.3 is 9.47 Å². The van der Waals surface area contributed by atoms with E-state index in [1.807, 2.05) is 18.2 Å². The Balaban J connectivity index is 2.27. The van der Waals surface area contributed by atoms with Gasteiger partial charge in [0.05, 0.1) is 0 Å². The zero-order valence-corrected chi connectivity index (χ0v) is 9.98. The maximum Gasteiger partial charge on any atom is 0.231 e. The van der Waals surface area contributed by atoms with E-state index in [1.165, 1.54) is 0 Å². The van der Waals surface area contributed by atoms with Gasteiger partial charge in [-0.05, 0) is 42.2 Å². The lowest BCUT2D eigenvalue weighted by atomic mass is 10.2. The fraction of sp³-hybridized carbons (Fsp3) is 0.333. The van der Waals surface area contributed by atoms with Crippen LogP contribution in [0.25, 0.3) is 0 Å². The third kappa shape index (κ3) is 2.60. The third-order valence-corrected chi connectivity index (χ3v) is 2.59. The highest BCUT2D eigenvalue weighted by atomic mass is 32.3. The zero-order valence-electron chi connectivity index (χ0n) is 9.16. The molecule has 2 rings (SSSR count). The molecule has 0 bridgehead atoms. The predicted molar refractivity (Wildman–Crippen MR) is 64.8 cm³/mol. The van der Waals surface area contributed by atoms with E-state index in [1.54, 1.807) is 0 Å². The van der Waals surface area contributed by atoms with E-state index in [0.717, 1.165) is 17.1 Å². The molecule has 2 nitrogen and oxygen atoms in total. The summed E-state index contributed by atoms with van der Waals surface area (Å²) in [5.74, 6) is 4.77. The monoisotopic (exact) mass is 222 g/mol. The van der Waals surface area contributed by atoms with Crippen LogP contribution < -0.4 is 9.47 Å². The number of hydrogen-bond acceptors (Lipinski definition) is 2. The minimum atomic E-state index is -0.770. The van der Waals surface area contributed by atoms with Gasteiger partial charge in [0.2, 0.25) is 6.79 Å². The summed E-state index contributed by atoms with van der Waals surface area (Å²) < 4.78 is 10.5. The third-order valence-electron chi connectivity index (χ3n) is 1.87. The Morgan fingerprint density at radius 2 is 1.87 bits per heavy atom. The number of hydrogen-bond donors (Lipinski definition) is 0. The lowest BCUT2D eigenvalue weighted by Gasteiger charge is -2.14. The summed E-state index contributed by atoms with van der Waals surface area (Å²) in [6.07, 6.45) is 6.52. The van der Waals surface area contributed by atoms with Crippen molar-refractivity contribution < 1.29 is 9.47 Å². The summed E-state index contributed by atoms with van der Waals surface area (Å²) in [6.45, 7) is 0.316. The topological polar surface area (TPSA) is 18.5 Å². The molecule has 0 fully saturated rings. The van der Waals surface area contributed by atoms with E-state index in [9.17, 15) is 0 Å². The molecule has 0 aromatic heterocycles. The lowest BCUT2D eigenvalue weighted by molar-refractivity contribution is 0.174. The summed E-state index contributed by atoms with van der Waals surface area (Å²) in [7, 11) is -0.770. The van der Waals surface area contributed by atoms with Gasteiger partial charge in [-0.3, -0.25) is 0 Å². The summed E-state index contributed by atoms with van der Waals surface area (Å²) in [6, 6.07) is 5.80. The molecule has 0 saturated heterocycles. The van der Waals surface area contributed by atoms with E-state index >= 15 is 0 Å². The molecule has 15 heavy (non-hydrogen) atoms. The van der Waals surface area contributed by atoms with E-state index in [2.05, 4.69) is 29.9 Å². The van der Waals surface area contributed by atoms with Gasteiger partial charge in [-0.1, -0.05) is 5.92 Å². The van der Waals surface area contributed by atoms with Gasteiger partial charge >= 0.3 is 0 Å². The van der Waals surface area contributed by atoms with Crippen molar-refractivity contribution in [3.05, 3.63) is 23.8 Å². The number of fused-ring (bicyclic) bond motifs is 1. The molecule has 0 spiro atoms. The Morgan fingerprint density at radius 3 is 2.60 bits per heavy atom. The Bertz CT molecular complexity index is 435. The number of rotatable bonds is 0. The van der Waals surface area contributed by atoms with Crippen LogP contribution in [-0.4, -0.2) is 25.6 Å². The molecule has 0 unspecified atom stereocenters. The molecule has 0 amide bonds. The first-order valence-corrected chi connectivity index (χ1v) is 7.51. The number of ether oxygens (including phenoxy) is 2. The molecule has 0 N–H and O–H groups in total. The van der Waals surface area contributed by atoms with Crippen LogP contribution in [0, 0.1) is 11.2 Å². The molecule has 0 atom stereocenters. The van der Waals surface area contributed by atoms with Crippen molar-refractivity contribution in [3.63, 3.8) is 0 Å². The van der Waals surface area contributed by atoms with Crippen LogP contribution in [0.4, 0.5) is 0 Å². The fourth-order valence-corrected chi connectivity index (χ4v) is 1.61. The molecule has 1 heterocycles. The largest absolute Gasteiger partial charge is 0.454 e. The van der Waals surface area contributed by atoms with Crippen molar-refractivity contribution in [1.29, 1.82) is 0 Å². The Labute approximate surface area is 91.9 Å². The second-order valence-electron chi connectivity index (χ2n) is 4.13. The molecule has 3 heteroatoms. The molecule has 1 aliphatic rings. The molecule has 0 saturated carbocycles. The average Bonchev–Trinajstić information content (AvgIpc) is 2.60. The SMILES string of the molecule is CS(C)(C)C#Cc1ccc2c(c1)OCO2. The summed E-state index contributed by atoms with van der Waals surface area (Å²) in [4.78, 5) is 0. The van der Waals surface area contributed by atoms with Crippen molar-refractivity contribution in [2.24, 2.45) is 0 Å². The predicted octanol–water partition coefficient (Wildman–Crippen LogP) is 2.42. The summed E-state index contributed by atoms with van der Waals surface area (Å²) in [5.41, 5.74) is 0.988. The molecule has 80 valence electrons. The maximum absolute atomic E-state index is 5.29. The van der Waals surface area contributed by atoms with E-state index in [0.29, 0.717) is 6.79 Å². The van der Waals surface area contributed by atoms with Crippen LogP contribution in [0.3, 0.4) is 0 Å². The zero-order chi connectivity index (χ0) is 10.9. The minimum Gasteiger partial charge on any atom is -0.454 e. The first-order chi connectivity index (χ1) is 7.04. The van der Waals surface area contributed by atoms with Gasteiger partial charge in [0.15, 0.2) is 11.5 Å². The molecule has 0 aliphatic carbocycles. The van der Waals surface area contributed by atoms with Crippen LogP contribution in [-0.2, 0) is 0 Å². The van der Waals surface area contributed by atoms with Crippen LogP contribution in [0.5, 0.6) is 11.5 Å². The van der Waals surface area contributed by atoms with Gasteiger partial charge in [-0.25, -0.2) is 0 Å².